The molecule has 0 unspecified atom stereocenters. The van der Waals surface area contributed by atoms with Crippen LogP contribution in [0.25, 0.3) is 0 Å². The normalized spacial score (nSPS) is 19.2. The molecule has 1 aliphatic heterocycles. The highest BCUT2D eigenvalue weighted by molar-refractivity contribution is 5.95. The van der Waals surface area contributed by atoms with Gasteiger partial charge in [0.15, 0.2) is 0 Å². The van der Waals surface area contributed by atoms with Crippen molar-refractivity contribution in [1.29, 1.82) is 0 Å². The van der Waals surface area contributed by atoms with Gasteiger partial charge in [-0.3, -0.25) is 4.79 Å². The van der Waals surface area contributed by atoms with Gasteiger partial charge in [0.25, 0.3) is 0 Å². The Balaban J connectivity index is 0.000000963. The molecule has 1 aliphatic carbocycles. The van der Waals surface area contributed by atoms with E-state index < -0.39 is 0 Å². The highest BCUT2D eigenvalue weighted by Gasteiger charge is 2.52. The molecule has 1 fully saturated rings. The van der Waals surface area contributed by atoms with Crippen LogP contribution in [-0.4, -0.2) is 12.5 Å². The summed E-state index contributed by atoms with van der Waals surface area (Å²) in [6, 6.07) is 5.94. The number of nitrogens with two attached hydrogens (primary N) is 1. The lowest BCUT2D eigenvalue weighted by Crippen LogP contribution is -2.28. The van der Waals surface area contributed by atoms with Crippen LogP contribution in [-0.2, 0) is 10.2 Å². The van der Waals surface area contributed by atoms with Crippen LogP contribution in [0.2, 0.25) is 0 Å². The monoisotopic (exact) mass is 238 g/mol. The number of fused-ring (bicyclic) bond motifs is 2. The van der Waals surface area contributed by atoms with Crippen molar-refractivity contribution in [2.75, 3.05) is 17.2 Å². The van der Waals surface area contributed by atoms with Gasteiger partial charge >= 0.3 is 0 Å². The zero-order valence-electron chi connectivity index (χ0n) is 9.19. The van der Waals surface area contributed by atoms with Gasteiger partial charge in [0.1, 0.15) is 0 Å². The molecule has 16 heavy (non-hydrogen) atoms. The van der Waals surface area contributed by atoms with Crippen LogP contribution in [0.3, 0.4) is 0 Å². The van der Waals surface area contributed by atoms with Gasteiger partial charge in [0.05, 0.1) is 0 Å². The molecule has 1 aromatic carbocycles. The fourth-order valence-electron chi connectivity index (χ4n) is 2.55. The molecule has 86 valence electrons. The van der Waals surface area contributed by atoms with Gasteiger partial charge in [-0.05, 0) is 30.5 Å². The number of hydrogen-bond donors (Lipinski definition) is 1. The molecule has 0 saturated heterocycles. The van der Waals surface area contributed by atoms with E-state index in [0.717, 1.165) is 17.9 Å². The SMILES string of the molecule is CC(=O)N1CC2(CC2)c2ccc(N)cc21.Cl. The molecule has 1 aromatic rings. The topological polar surface area (TPSA) is 46.3 Å². The maximum absolute atomic E-state index is 11.5. The van der Waals surface area contributed by atoms with Crippen molar-refractivity contribution in [3.8, 4) is 0 Å². The van der Waals surface area contributed by atoms with Crippen LogP contribution >= 0.6 is 12.4 Å². The highest BCUT2D eigenvalue weighted by atomic mass is 35.5. The third-order valence-corrected chi connectivity index (χ3v) is 3.58. The molecule has 3 nitrogen and oxygen atoms in total. The van der Waals surface area contributed by atoms with Crippen molar-refractivity contribution < 1.29 is 4.79 Å². The first-order valence-corrected chi connectivity index (χ1v) is 5.30. The number of nitrogen functional groups attached to an aromatic ring is 1. The summed E-state index contributed by atoms with van der Waals surface area (Å²) in [7, 11) is 0. The maximum atomic E-state index is 11.5. The number of carbonyl (C=O) groups excluding carboxylic acids is 1. The summed E-state index contributed by atoms with van der Waals surface area (Å²) in [5.41, 5.74) is 9.11. The number of nitrogens with zero attached hydrogens (tertiary/aromatic N) is 1. The molecule has 4 heteroatoms. The van der Waals surface area contributed by atoms with E-state index in [1.165, 1.54) is 18.4 Å². The third-order valence-electron chi connectivity index (χ3n) is 3.58. The van der Waals surface area contributed by atoms with E-state index in [9.17, 15) is 4.79 Å². The fourth-order valence-corrected chi connectivity index (χ4v) is 2.55. The fraction of sp³-hybridized carbons (Fsp3) is 0.417. The average molecular weight is 239 g/mol. The number of halogens is 1. The van der Waals surface area contributed by atoms with Crippen LogP contribution < -0.4 is 10.6 Å². The number of hydrogen-bond acceptors (Lipinski definition) is 2. The zero-order chi connectivity index (χ0) is 10.6. The van der Waals surface area contributed by atoms with Crippen molar-refractivity contribution in [2.24, 2.45) is 0 Å². The van der Waals surface area contributed by atoms with E-state index in [0.29, 0.717) is 0 Å². The van der Waals surface area contributed by atoms with E-state index in [4.69, 9.17) is 5.73 Å². The Bertz CT molecular complexity index is 454. The van der Waals surface area contributed by atoms with Crippen LogP contribution in [0.4, 0.5) is 11.4 Å². The lowest BCUT2D eigenvalue weighted by Gasteiger charge is -2.15. The van der Waals surface area contributed by atoms with Crippen molar-refractivity contribution >= 4 is 29.7 Å². The van der Waals surface area contributed by atoms with E-state index in [1.807, 2.05) is 17.0 Å². The molecule has 2 aliphatic rings. The summed E-state index contributed by atoms with van der Waals surface area (Å²) in [4.78, 5) is 13.4. The van der Waals surface area contributed by atoms with Gasteiger partial charge in [-0.1, -0.05) is 6.07 Å². The Morgan fingerprint density at radius 2 is 2.12 bits per heavy atom. The molecule has 0 aromatic heterocycles. The summed E-state index contributed by atoms with van der Waals surface area (Å²) in [5.74, 6) is 0.116. The first-order chi connectivity index (χ1) is 7.12. The van der Waals surface area contributed by atoms with E-state index in [-0.39, 0.29) is 23.7 Å². The molecule has 0 atom stereocenters. The first-order valence-electron chi connectivity index (χ1n) is 5.30. The number of carbonyl (C=O) groups is 1. The smallest absolute Gasteiger partial charge is 0.223 e. The Labute approximate surface area is 101 Å². The van der Waals surface area contributed by atoms with Crippen LogP contribution in [0.5, 0.6) is 0 Å². The lowest BCUT2D eigenvalue weighted by molar-refractivity contribution is -0.116. The molecule has 0 radical (unpaired) electrons. The molecular formula is C12H15ClN2O. The summed E-state index contributed by atoms with van der Waals surface area (Å²) in [5, 5.41) is 0. The summed E-state index contributed by atoms with van der Waals surface area (Å²) >= 11 is 0. The van der Waals surface area contributed by atoms with E-state index >= 15 is 0 Å². The standard InChI is InChI=1S/C12H14N2O.ClH/c1-8(15)14-7-12(4-5-12)10-3-2-9(13)6-11(10)14;/h2-3,6H,4-5,7,13H2,1H3;1H. The number of rotatable bonds is 0. The van der Waals surface area contributed by atoms with Gasteiger partial charge in [-0.25, -0.2) is 0 Å². The molecule has 1 heterocycles. The quantitative estimate of drug-likeness (QED) is 0.704. The number of benzene rings is 1. The second-order valence-corrected chi connectivity index (χ2v) is 4.66. The molecule has 0 bridgehead atoms. The minimum atomic E-state index is 0. The second-order valence-electron chi connectivity index (χ2n) is 4.66. The van der Waals surface area contributed by atoms with Crippen molar-refractivity contribution in [3.63, 3.8) is 0 Å². The van der Waals surface area contributed by atoms with Crippen LogP contribution in [0.1, 0.15) is 25.3 Å². The molecular weight excluding hydrogens is 224 g/mol. The Morgan fingerprint density at radius 3 is 2.69 bits per heavy atom. The van der Waals surface area contributed by atoms with Crippen molar-refractivity contribution in [2.45, 2.75) is 25.2 Å². The number of amides is 1. The minimum absolute atomic E-state index is 0. The van der Waals surface area contributed by atoms with Crippen LogP contribution in [0.15, 0.2) is 18.2 Å². The average Bonchev–Trinajstić information content (AvgIpc) is 2.86. The molecule has 3 rings (SSSR count). The van der Waals surface area contributed by atoms with Gasteiger partial charge in [0.2, 0.25) is 5.91 Å². The van der Waals surface area contributed by atoms with Crippen LogP contribution in [0, 0.1) is 0 Å². The maximum Gasteiger partial charge on any atom is 0.223 e. The third kappa shape index (κ3) is 1.39. The van der Waals surface area contributed by atoms with Gasteiger partial charge in [-0.2, -0.15) is 0 Å². The van der Waals surface area contributed by atoms with Crippen molar-refractivity contribution in [1.82, 2.24) is 0 Å². The van der Waals surface area contributed by atoms with Crippen molar-refractivity contribution in [3.05, 3.63) is 23.8 Å². The summed E-state index contributed by atoms with van der Waals surface area (Å²) in [6.07, 6.45) is 2.40. The highest BCUT2D eigenvalue weighted by Crippen LogP contribution is 2.56. The Morgan fingerprint density at radius 1 is 1.44 bits per heavy atom. The largest absolute Gasteiger partial charge is 0.399 e. The summed E-state index contributed by atoms with van der Waals surface area (Å²) in [6.45, 7) is 2.47. The van der Waals surface area contributed by atoms with E-state index in [1.54, 1.807) is 6.92 Å². The lowest BCUT2D eigenvalue weighted by atomic mass is 9.98. The predicted molar refractivity (Wildman–Crippen MR) is 67.0 cm³/mol. The molecule has 1 saturated carbocycles. The first kappa shape index (κ1) is 11.3. The van der Waals surface area contributed by atoms with Gasteiger partial charge < -0.3 is 10.6 Å². The number of anilines is 2. The molecule has 1 amide bonds. The Hall–Kier alpha value is -1.22. The minimum Gasteiger partial charge on any atom is -0.399 e. The van der Waals surface area contributed by atoms with Gasteiger partial charge in [0, 0.05) is 30.3 Å². The molecule has 1 spiro atoms. The second kappa shape index (κ2) is 3.39. The zero-order valence-corrected chi connectivity index (χ0v) is 10.0. The predicted octanol–water partition coefficient (Wildman–Crippen LogP) is 2.09. The Kier molecular flexibility index (Phi) is 2.39. The van der Waals surface area contributed by atoms with Gasteiger partial charge in [-0.15, -0.1) is 12.4 Å². The van der Waals surface area contributed by atoms with E-state index in [2.05, 4.69) is 6.07 Å². The summed E-state index contributed by atoms with van der Waals surface area (Å²) < 4.78 is 0. The molecule has 2 N–H and O–H groups in total.